The summed E-state index contributed by atoms with van der Waals surface area (Å²) in [6.07, 6.45) is 0.0304. The predicted octanol–water partition coefficient (Wildman–Crippen LogP) is 2.72. The van der Waals surface area contributed by atoms with Gasteiger partial charge in [0.25, 0.3) is 11.8 Å². The van der Waals surface area contributed by atoms with Crippen LogP contribution in [0.1, 0.15) is 33.1 Å². The van der Waals surface area contributed by atoms with Crippen LogP contribution in [-0.4, -0.2) is 29.6 Å². The van der Waals surface area contributed by atoms with Gasteiger partial charge in [-0.2, -0.15) is 0 Å². The molecule has 0 bridgehead atoms. The highest BCUT2D eigenvalue weighted by Crippen LogP contribution is 2.18. The van der Waals surface area contributed by atoms with Gasteiger partial charge in [-0.25, -0.2) is 4.79 Å². The lowest BCUT2D eigenvalue weighted by atomic mass is 10.1. The van der Waals surface area contributed by atoms with Gasteiger partial charge in [0.05, 0.1) is 0 Å². The number of carbonyl (C=O) groups excluding carboxylic acids is 3. The molecule has 1 fully saturated rings. The minimum atomic E-state index is -1.12. The number of ether oxygens (including phenoxy) is 1. The quantitative estimate of drug-likeness (QED) is 0.493. The van der Waals surface area contributed by atoms with Gasteiger partial charge in [0, 0.05) is 25.1 Å². The SMILES string of the molecule is CC(C)CCNc1ccc(OC(=O)ON2C(=O)CCC2=O)cc1. The summed E-state index contributed by atoms with van der Waals surface area (Å²) >= 11 is 0. The summed E-state index contributed by atoms with van der Waals surface area (Å²) < 4.78 is 4.94. The molecule has 7 heteroatoms. The number of rotatable bonds is 6. The Bertz CT molecular complexity index is 567. The van der Waals surface area contributed by atoms with E-state index >= 15 is 0 Å². The van der Waals surface area contributed by atoms with Crippen molar-refractivity contribution in [3.8, 4) is 5.75 Å². The molecule has 1 N–H and O–H groups in total. The first-order chi connectivity index (χ1) is 11.0. The molecule has 1 saturated heterocycles. The van der Waals surface area contributed by atoms with E-state index in [2.05, 4.69) is 24.0 Å². The Hall–Kier alpha value is -2.57. The van der Waals surface area contributed by atoms with Crippen LogP contribution in [0.4, 0.5) is 10.5 Å². The lowest BCUT2D eigenvalue weighted by molar-refractivity contribution is -0.174. The van der Waals surface area contributed by atoms with Gasteiger partial charge in [-0.3, -0.25) is 14.4 Å². The van der Waals surface area contributed by atoms with Crippen LogP contribution < -0.4 is 10.1 Å². The van der Waals surface area contributed by atoms with Gasteiger partial charge in [-0.05, 0) is 36.6 Å². The highest BCUT2D eigenvalue weighted by atomic mass is 16.8. The lowest BCUT2D eigenvalue weighted by Gasteiger charge is -2.12. The Labute approximate surface area is 134 Å². The maximum absolute atomic E-state index is 11.6. The van der Waals surface area contributed by atoms with Gasteiger partial charge in [-0.15, -0.1) is 0 Å². The van der Waals surface area contributed by atoms with Crippen LogP contribution in [-0.2, 0) is 14.4 Å². The molecule has 0 atom stereocenters. The predicted molar refractivity (Wildman–Crippen MR) is 82.6 cm³/mol. The molecule has 1 aliphatic rings. The van der Waals surface area contributed by atoms with E-state index in [1.807, 2.05) is 0 Å². The normalized spacial score (nSPS) is 14.3. The first kappa shape index (κ1) is 16.8. The summed E-state index contributed by atoms with van der Waals surface area (Å²) in [4.78, 5) is 38.9. The van der Waals surface area contributed by atoms with Crippen molar-refractivity contribution in [2.24, 2.45) is 5.92 Å². The van der Waals surface area contributed by atoms with Gasteiger partial charge in [0.15, 0.2) is 0 Å². The van der Waals surface area contributed by atoms with Crippen LogP contribution in [0.15, 0.2) is 24.3 Å². The summed E-state index contributed by atoms with van der Waals surface area (Å²) in [6, 6.07) is 6.75. The molecule has 1 aliphatic heterocycles. The van der Waals surface area contributed by atoms with Crippen molar-refractivity contribution in [3.05, 3.63) is 24.3 Å². The number of nitrogens with zero attached hydrogens (tertiary/aromatic N) is 1. The molecule has 1 heterocycles. The fourth-order valence-electron chi connectivity index (χ4n) is 1.99. The maximum Gasteiger partial charge on any atom is 0.539 e. The molecule has 1 aromatic rings. The van der Waals surface area contributed by atoms with Gasteiger partial charge in [-0.1, -0.05) is 18.9 Å². The van der Waals surface area contributed by atoms with Crippen molar-refractivity contribution in [3.63, 3.8) is 0 Å². The molecule has 0 radical (unpaired) electrons. The van der Waals surface area contributed by atoms with Gasteiger partial charge in [0.1, 0.15) is 5.75 Å². The molecular formula is C16H20N2O5. The number of carbonyl (C=O) groups is 3. The first-order valence-electron chi connectivity index (χ1n) is 7.55. The van der Waals surface area contributed by atoms with Crippen molar-refractivity contribution in [1.82, 2.24) is 5.06 Å². The van der Waals surface area contributed by atoms with Gasteiger partial charge in [0.2, 0.25) is 0 Å². The van der Waals surface area contributed by atoms with E-state index in [9.17, 15) is 14.4 Å². The Morgan fingerprint density at radius 3 is 2.35 bits per heavy atom. The lowest BCUT2D eigenvalue weighted by Crippen LogP contribution is -2.33. The van der Waals surface area contributed by atoms with Crippen molar-refractivity contribution in [2.45, 2.75) is 33.1 Å². The summed E-state index contributed by atoms with van der Waals surface area (Å²) in [7, 11) is 0. The third-order valence-corrected chi connectivity index (χ3v) is 3.28. The van der Waals surface area contributed by atoms with E-state index in [1.165, 1.54) is 0 Å². The largest absolute Gasteiger partial charge is 0.539 e. The summed E-state index contributed by atoms with van der Waals surface area (Å²) in [5.41, 5.74) is 0.913. The molecule has 0 spiro atoms. The van der Waals surface area contributed by atoms with Crippen molar-refractivity contribution in [2.75, 3.05) is 11.9 Å². The second kappa shape index (κ2) is 7.62. The van der Waals surface area contributed by atoms with Gasteiger partial charge < -0.3 is 10.1 Å². The van der Waals surface area contributed by atoms with Crippen LogP contribution >= 0.6 is 0 Å². The molecule has 0 unspecified atom stereocenters. The zero-order chi connectivity index (χ0) is 16.8. The average Bonchev–Trinajstić information content (AvgIpc) is 2.80. The number of hydrogen-bond donors (Lipinski definition) is 1. The maximum atomic E-state index is 11.6. The van der Waals surface area contributed by atoms with Gasteiger partial charge >= 0.3 is 6.16 Å². The molecule has 1 aromatic carbocycles. The molecule has 2 amide bonds. The van der Waals surface area contributed by atoms with Crippen LogP contribution in [0.3, 0.4) is 0 Å². The average molecular weight is 320 g/mol. The fraction of sp³-hybridized carbons (Fsp3) is 0.438. The second-order valence-electron chi connectivity index (χ2n) is 5.66. The van der Waals surface area contributed by atoms with E-state index in [-0.39, 0.29) is 18.6 Å². The van der Waals surface area contributed by atoms with Crippen LogP contribution in [0.2, 0.25) is 0 Å². The number of hydroxylamine groups is 2. The van der Waals surface area contributed by atoms with E-state index in [1.54, 1.807) is 24.3 Å². The molecule has 2 rings (SSSR count). The third kappa shape index (κ3) is 4.98. The van der Waals surface area contributed by atoms with Crippen molar-refractivity contribution >= 4 is 23.7 Å². The minimum absolute atomic E-state index is 0.0445. The number of imide groups is 1. The summed E-state index contributed by atoms with van der Waals surface area (Å²) in [5.74, 6) is -0.201. The van der Waals surface area contributed by atoms with E-state index < -0.39 is 18.0 Å². The van der Waals surface area contributed by atoms with Crippen molar-refractivity contribution < 1.29 is 24.0 Å². The standard InChI is InChI=1S/C16H20N2O5/c1-11(2)9-10-17-12-3-5-13(6-4-12)22-16(21)23-18-14(19)7-8-15(18)20/h3-6,11,17H,7-10H2,1-2H3. The van der Waals surface area contributed by atoms with Crippen LogP contribution in [0.5, 0.6) is 5.75 Å². The van der Waals surface area contributed by atoms with E-state index in [0.29, 0.717) is 11.0 Å². The molecule has 0 saturated carbocycles. The Kier molecular flexibility index (Phi) is 5.56. The zero-order valence-electron chi connectivity index (χ0n) is 13.2. The highest BCUT2D eigenvalue weighted by molar-refractivity contribution is 6.01. The number of nitrogens with one attached hydrogen (secondary N) is 1. The minimum Gasteiger partial charge on any atom is -0.393 e. The Morgan fingerprint density at radius 1 is 1.17 bits per heavy atom. The molecule has 0 aromatic heterocycles. The molecule has 23 heavy (non-hydrogen) atoms. The topological polar surface area (TPSA) is 84.9 Å². The number of hydrogen-bond acceptors (Lipinski definition) is 6. The second-order valence-corrected chi connectivity index (χ2v) is 5.66. The summed E-state index contributed by atoms with van der Waals surface area (Å²) in [6.45, 7) is 5.17. The number of benzene rings is 1. The molecule has 0 aliphatic carbocycles. The fourth-order valence-corrected chi connectivity index (χ4v) is 1.99. The van der Waals surface area contributed by atoms with Crippen molar-refractivity contribution in [1.29, 1.82) is 0 Å². The molecule has 124 valence electrons. The highest BCUT2D eigenvalue weighted by Gasteiger charge is 2.33. The van der Waals surface area contributed by atoms with Crippen LogP contribution in [0, 0.1) is 5.92 Å². The third-order valence-electron chi connectivity index (χ3n) is 3.28. The monoisotopic (exact) mass is 320 g/mol. The van der Waals surface area contributed by atoms with Crippen LogP contribution in [0.25, 0.3) is 0 Å². The number of anilines is 1. The molecular weight excluding hydrogens is 300 g/mol. The smallest absolute Gasteiger partial charge is 0.393 e. The van der Waals surface area contributed by atoms with E-state index in [4.69, 9.17) is 4.74 Å². The Morgan fingerprint density at radius 2 is 1.78 bits per heavy atom. The first-order valence-corrected chi connectivity index (χ1v) is 7.55. The number of amides is 2. The molecule has 7 nitrogen and oxygen atoms in total. The zero-order valence-corrected chi connectivity index (χ0v) is 13.2. The Balaban J connectivity index is 1.82. The summed E-state index contributed by atoms with van der Waals surface area (Å²) in [5, 5.41) is 3.71. The van der Waals surface area contributed by atoms with E-state index in [0.717, 1.165) is 18.7 Å².